The molecular weight excluding hydrogens is 184 g/mol. The van der Waals surface area contributed by atoms with E-state index in [0.29, 0.717) is 0 Å². The summed E-state index contributed by atoms with van der Waals surface area (Å²) in [5, 5.41) is 3.59. The normalized spacial score (nSPS) is 9.77. The molecule has 1 aromatic heterocycles. The minimum atomic E-state index is -0.0686. The van der Waals surface area contributed by atoms with E-state index in [2.05, 4.69) is 10.3 Å². The smallest absolute Gasteiger partial charge is 0.221 e. The topological polar surface area (TPSA) is 42.0 Å². The summed E-state index contributed by atoms with van der Waals surface area (Å²) in [7, 11) is 0. The number of pyridine rings is 1. The van der Waals surface area contributed by atoms with Crippen LogP contribution in [0, 0.1) is 6.92 Å². The standard InChI is InChI=1S/C9H12N2OS/c1-6-4-5-8(11-7(2)12)9(10-6)13-3/h4-5H,1-3H3,(H,11,12). The average Bonchev–Trinajstić information content (AvgIpc) is 2.07. The highest BCUT2D eigenvalue weighted by molar-refractivity contribution is 7.98. The van der Waals surface area contributed by atoms with Crippen LogP contribution in [-0.4, -0.2) is 17.1 Å². The predicted molar refractivity (Wildman–Crippen MR) is 55.1 cm³/mol. The van der Waals surface area contributed by atoms with Crippen LogP contribution in [0.5, 0.6) is 0 Å². The average molecular weight is 196 g/mol. The molecule has 0 unspecified atom stereocenters. The zero-order valence-electron chi connectivity index (χ0n) is 7.92. The second kappa shape index (κ2) is 4.28. The molecule has 0 bridgehead atoms. The van der Waals surface area contributed by atoms with Crippen molar-refractivity contribution in [3.05, 3.63) is 17.8 Å². The van der Waals surface area contributed by atoms with E-state index in [9.17, 15) is 4.79 Å². The molecule has 0 atom stereocenters. The number of aryl methyl sites for hydroxylation is 1. The third kappa shape index (κ3) is 2.73. The fourth-order valence-electron chi connectivity index (χ4n) is 0.973. The summed E-state index contributed by atoms with van der Waals surface area (Å²) >= 11 is 1.53. The second-order valence-corrected chi connectivity index (χ2v) is 3.49. The van der Waals surface area contributed by atoms with Crippen molar-refractivity contribution in [2.75, 3.05) is 11.6 Å². The van der Waals surface area contributed by atoms with Crippen LogP contribution >= 0.6 is 11.8 Å². The lowest BCUT2D eigenvalue weighted by Crippen LogP contribution is -2.07. The van der Waals surface area contributed by atoms with E-state index in [0.717, 1.165) is 16.4 Å². The molecule has 4 heteroatoms. The van der Waals surface area contributed by atoms with Gasteiger partial charge in [0.15, 0.2) is 0 Å². The van der Waals surface area contributed by atoms with Crippen molar-refractivity contribution in [3.8, 4) is 0 Å². The highest BCUT2D eigenvalue weighted by Gasteiger charge is 2.03. The van der Waals surface area contributed by atoms with Crippen molar-refractivity contribution in [1.82, 2.24) is 4.98 Å². The van der Waals surface area contributed by atoms with E-state index in [4.69, 9.17) is 0 Å². The molecular formula is C9H12N2OS. The number of carbonyl (C=O) groups is 1. The van der Waals surface area contributed by atoms with Crippen LogP contribution in [-0.2, 0) is 4.79 Å². The second-order valence-electron chi connectivity index (χ2n) is 2.69. The minimum Gasteiger partial charge on any atom is -0.324 e. The van der Waals surface area contributed by atoms with Crippen LogP contribution in [0.2, 0.25) is 0 Å². The maximum atomic E-state index is 10.8. The largest absolute Gasteiger partial charge is 0.324 e. The number of amides is 1. The fourth-order valence-corrected chi connectivity index (χ4v) is 1.55. The van der Waals surface area contributed by atoms with Crippen LogP contribution < -0.4 is 5.32 Å². The molecule has 0 radical (unpaired) electrons. The Hall–Kier alpha value is -1.03. The van der Waals surface area contributed by atoms with E-state index in [1.807, 2.05) is 25.3 Å². The third-order valence-electron chi connectivity index (χ3n) is 1.50. The summed E-state index contributed by atoms with van der Waals surface area (Å²) in [5.41, 5.74) is 1.74. The van der Waals surface area contributed by atoms with Gasteiger partial charge < -0.3 is 5.32 Å². The Morgan fingerprint density at radius 1 is 1.54 bits per heavy atom. The molecule has 0 saturated heterocycles. The van der Waals surface area contributed by atoms with Crippen LogP contribution in [0.25, 0.3) is 0 Å². The van der Waals surface area contributed by atoms with Crippen molar-refractivity contribution < 1.29 is 4.79 Å². The van der Waals surface area contributed by atoms with Gasteiger partial charge in [0.05, 0.1) is 5.69 Å². The number of nitrogens with zero attached hydrogens (tertiary/aromatic N) is 1. The van der Waals surface area contributed by atoms with E-state index in [1.54, 1.807) is 0 Å². The Bertz CT molecular complexity index is 325. The number of hydrogen-bond donors (Lipinski definition) is 1. The molecule has 1 rings (SSSR count). The molecule has 0 spiro atoms. The molecule has 0 saturated carbocycles. The van der Waals surface area contributed by atoms with Crippen molar-refractivity contribution in [3.63, 3.8) is 0 Å². The molecule has 70 valence electrons. The molecule has 0 aliphatic rings. The van der Waals surface area contributed by atoms with Crippen molar-refractivity contribution in [2.24, 2.45) is 0 Å². The number of nitrogens with one attached hydrogen (secondary N) is 1. The summed E-state index contributed by atoms with van der Waals surface area (Å²) < 4.78 is 0. The van der Waals surface area contributed by atoms with Gasteiger partial charge in [0.2, 0.25) is 5.91 Å². The van der Waals surface area contributed by atoms with Crippen LogP contribution in [0.4, 0.5) is 5.69 Å². The lowest BCUT2D eigenvalue weighted by Gasteiger charge is -2.06. The number of thioether (sulfide) groups is 1. The Morgan fingerprint density at radius 2 is 2.23 bits per heavy atom. The molecule has 3 nitrogen and oxygen atoms in total. The van der Waals surface area contributed by atoms with Gasteiger partial charge in [0.1, 0.15) is 5.03 Å². The van der Waals surface area contributed by atoms with Crippen LogP contribution in [0.15, 0.2) is 17.2 Å². The minimum absolute atomic E-state index is 0.0686. The van der Waals surface area contributed by atoms with Crippen LogP contribution in [0.1, 0.15) is 12.6 Å². The van der Waals surface area contributed by atoms with Crippen molar-refractivity contribution in [1.29, 1.82) is 0 Å². The molecule has 1 N–H and O–H groups in total. The van der Waals surface area contributed by atoms with Gasteiger partial charge in [0.25, 0.3) is 0 Å². The summed E-state index contributed by atoms with van der Waals surface area (Å²) in [6.07, 6.45) is 1.94. The quantitative estimate of drug-likeness (QED) is 0.736. The highest BCUT2D eigenvalue weighted by atomic mass is 32.2. The Morgan fingerprint density at radius 3 is 2.77 bits per heavy atom. The van der Waals surface area contributed by atoms with E-state index in [-0.39, 0.29) is 5.91 Å². The lowest BCUT2D eigenvalue weighted by molar-refractivity contribution is -0.114. The van der Waals surface area contributed by atoms with E-state index < -0.39 is 0 Å². The van der Waals surface area contributed by atoms with Crippen molar-refractivity contribution in [2.45, 2.75) is 18.9 Å². The molecule has 1 heterocycles. The summed E-state index contributed by atoms with van der Waals surface area (Å²) in [4.78, 5) is 15.1. The number of aromatic nitrogens is 1. The molecule has 13 heavy (non-hydrogen) atoms. The zero-order valence-corrected chi connectivity index (χ0v) is 8.73. The predicted octanol–water partition coefficient (Wildman–Crippen LogP) is 2.07. The summed E-state index contributed by atoms with van der Waals surface area (Å²) in [6, 6.07) is 3.75. The lowest BCUT2D eigenvalue weighted by atomic mass is 10.3. The number of hydrogen-bond acceptors (Lipinski definition) is 3. The van der Waals surface area contributed by atoms with Gasteiger partial charge in [-0.3, -0.25) is 4.79 Å². The fraction of sp³-hybridized carbons (Fsp3) is 0.333. The molecule has 0 aromatic carbocycles. The van der Waals surface area contributed by atoms with Gasteiger partial charge >= 0.3 is 0 Å². The van der Waals surface area contributed by atoms with Gasteiger partial charge in [-0.25, -0.2) is 4.98 Å². The monoisotopic (exact) mass is 196 g/mol. The first-order valence-electron chi connectivity index (χ1n) is 3.92. The first-order valence-corrected chi connectivity index (χ1v) is 5.15. The Labute approximate surface area is 81.9 Å². The number of rotatable bonds is 2. The first-order chi connectivity index (χ1) is 6.13. The molecule has 0 aliphatic carbocycles. The van der Waals surface area contributed by atoms with Gasteiger partial charge in [-0.05, 0) is 25.3 Å². The summed E-state index contributed by atoms with van der Waals surface area (Å²) in [6.45, 7) is 3.42. The van der Waals surface area contributed by atoms with Gasteiger partial charge in [-0.2, -0.15) is 0 Å². The van der Waals surface area contributed by atoms with Crippen molar-refractivity contribution >= 4 is 23.4 Å². The number of anilines is 1. The maximum absolute atomic E-state index is 10.8. The van der Waals surface area contributed by atoms with E-state index >= 15 is 0 Å². The maximum Gasteiger partial charge on any atom is 0.221 e. The highest BCUT2D eigenvalue weighted by Crippen LogP contribution is 2.22. The Balaban J connectivity index is 2.99. The molecule has 0 fully saturated rings. The van der Waals surface area contributed by atoms with Gasteiger partial charge in [0, 0.05) is 12.6 Å². The third-order valence-corrected chi connectivity index (χ3v) is 2.20. The van der Waals surface area contributed by atoms with Crippen LogP contribution in [0.3, 0.4) is 0 Å². The Kier molecular flexibility index (Phi) is 3.31. The number of carbonyl (C=O) groups excluding carboxylic acids is 1. The zero-order chi connectivity index (χ0) is 9.84. The van der Waals surface area contributed by atoms with E-state index in [1.165, 1.54) is 18.7 Å². The molecule has 1 aromatic rings. The van der Waals surface area contributed by atoms with Gasteiger partial charge in [-0.15, -0.1) is 11.8 Å². The first kappa shape index (κ1) is 10.1. The molecule has 1 amide bonds. The molecule has 0 aliphatic heterocycles. The van der Waals surface area contributed by atoms with Gasteiger partial charge in [-0.1, -0.05) is 0 Å². The summed E-state index contributed by atoms with van der Waals surface area (Å²) in [5.74, 6) is -0.0686. The SMILES string of the molecule is CSc1nc(C)ccc1NC(C)=O.